The number of imidazole rings is 1. The highest BCUT2D eigenvalue weighted by Crippen LogP contribution is 2.16. The Hall–Kier alpha value is -1.58. The van der Waals surface area contributed by atoms with Crippen molar-refractivity contribution in [1.82, 2.24) is 14.5 Å². The van der Waals surface area contributed by atoms with E-state index in [0.717, 1.165) is 24.0 Å². The molecule has 4 heteroatoms. The highest BCUT2D eigenvalue weighted by molar-refractivity contribution is 5.84. The van der Waals surface area contributed by atoms with Crippen LogP contribution in [-0.4, -0.2) is 14.5 Å². The normalized spacial score (nSPS) is 10.9. The molecule has 0 fully saturated rings. The Balaban J connectivity index is 2.42. The number of anilines is 1. The Bertz CT molecular complexity index is 433. The van der Waals surface area contributed by atoms with Gasteiger partial charge in [0.05, 0.1) is 11.8 Å². The first-order chi connectivity index (χ1) is 6.83. The molecule has 0 aliphatic heterocycles. The zero-order valence-corrected chi connectivity index (χ0v) is 8.27. The molecular formula is C10H14N4. The zero-order chi connectivity index (χ0) is 9.97. The fourth-order valence-corrected chi connectivity index (χ4v) is 1.52. The van der Waals surface area contributed by atoms with Crippen LogP contribution in [0, 0.1) is 0 Å². The van der Waals surface area contributed by atoms with Gasteiger partial charge in [-0.15, -0.1) is 0 Å². The highest BCUT2D eigenvalue weighted by Gasteiger charge is 2.04. The van der Waals surface area contributed by atoms with Gasteiger partial charge in [0.2, 0.25) is 0 Å². The fourth-order valence-electron chi connectivity index (χ4n) is 1.52. The van der Waals surface area contributed by atoms with Crippen molar-refractivity contribution in [2.24, 2.45) is 0 Å². The van der Waals surface area contributed by atoms with Gasteiger partial charge in [-0.25, -0.2) is 9.97 Å². The van der Waals surface area contributed by atoms with E-state index in [0.29, 0.717) is 5.82 Å². The quantitative estimate of drug-likeness (QED) is 0.803. The van der Waals surface area contributed by atoms with E-state index in [2.05, 4.69) is 21.5 Å². The van der Waals surface area contributed by atoms with Gasteiger partial charge < -0.3 is 10.3 Å². The molecule has 0 saturated heterocycles. The SMILES string of the molecule is CCCCn1cnc2c(N)nccc21. The molecule has 0 aliphatic rings. The third kappa shape index (κ3) is 1.43. The fraction of sp³-hybridized carbons (Fsp3) is 0.400. The largest absolute Gasteiger partial charge is 0.382 e. The summed E-state index contributed by atoms with van der Waals surface area (Å²) < 4.78 is 2.12. The number of nitrogens with zero attached hydrogens (tertiary/aromatic N) is 3. The molecule has 0 bridgehead atoms. The van der Waals surface area contributed by atoms with Crippen molar-refractivity contribution >= 4 is 16.9 Å². The van der Waals surface area contributed by atoms with Gasteiger partial charge in [0.1, 0.15) is 5.52 Å². The molecule has 74 valence electrons. The van der Waals surface area contributed by atoms with Crippen molar-refractivity contribution in [3.05, 3.63) is 18.6 Å². The minimum atomic E-state index is 0.512. The third-order valence-corrected chi connectivity index (χ3v) is 2.32. The van der Waals surface area contributed by atoms with E-state index in [-0.39, 0.29) is 0 Å². The van der Waals surface area contributed by atoms with Gasteiger partial charge in [-0.1, -0.05) is 13.3 Å². The van der Waals surface area contributed by atoms with Crippen molar-refractivity contribution in [3.8, 4) is 0 Å². The van der Waals surface area contributed by atoms with Crippen LogP contribution in [-0.2, 0) is 6.54 Å². The second kappa shape index (κ2) is 3.65. The number of pyridine rings is 1. The number of hydrogen-bond acceptors (Lipinski definition) is 3. The smallest absolute Gasteiger partial charge is 0.151 e. The molecule has 2 rings (SSSR count). The van der Waals surface area contributed by atoms with Crippen LogP contribution in [0.25, 0.3) is 11.0 Å². The average molecular weight is 190 g/mol. The Kier molecular flexibility index (Phi) is 2.35. The Morgan fingerprint density at radius 2 is 2.29 bits per heavy atom. The lowest BCUT2D eigenvalue weighted by Crippen LogP contribution is -1.96. The molecule has 0 unspecified atom stereocenters. The van der Waals surface area contributed by atoms with Gasteiger partial charge in [0, 0.05) is 12.7 Å². The third-order valence-electron chi connectivity index (χ3n) is 2.32. The number of hydrogen-bond donors (Lipinski definition) is 1. The summed E-state index contributed by atoms with van der Waals surface area (Å²) >= 11 is 0. The van der Waals surface area contributed by atoms with Gasteiger partial charge in [0.25, 0.3) is 0 Å². The molecule has 0 spiro atoms. The van der Waals surface area contributed by atoms with E-state index >= 15 is 0 Å². The van der Waals surface area contributed by atoms with E-state index in [1.807, 2.05) is 12.4 Å². The van der Waals surface area contributed by atoms with Crippen LogP contribution in [0.2, 0.25) is 0 Å². The van der Waals surface area contributed by atoms with Crippen LogP contribution in [0.15, 0.2) is 18.6 Å². The van der Waals surface area contributed by atoms with Crippen LogP contribution < -0.4 is 5.73 Å². The topological polar surface area (TPSA) is 56.7 Å². The minimum absolute atomic E-state index is 0.512. The summed E-state index contributed by atoms with van der Waals surface area (Å²) in [6.45, 7) is 3.17. The average Bonchev–Trinajstić information content (AvgIpc) is 2.60. The predicted molar refractivity (Wildman–Crippen MR) is 56.8 cm³/mol. The maximum Gasteiger partial charge on any atom is 0.151 e. The van der Waals surface area contributed by atoms with Crippen molar-refractivity contribution in [2.75, 3.05) is 5.73 Å². The molecule has 0 radical (unpaired) electrons. The second-order valence-electron chi connectivity index (χ2n) is 3.36. The van der Waals surface area contributed by atoms with E-state index < -0.39 is 0 Å². The number of nitrogens with two attached hydrogens (primary N) is 1. The Morgan fingerprint density at radius 1 is 1.43 bits per heavy atom. The number of aromatic nitrogens is 3. The highest BCUT2D eigenvalue weighted by atomic mass is 15.1. The predicted octanol–water partition coefficient (Wildman–Crippen LogP) is 1.81. The molecule has 0 aromatic carbocycles. The summed E-state index contributed by atoms with van der Waals surface area (Å²) in [5, 5.41) is 0. The minimum Gasteiger partial charge on any atom is -0.382 e. The summed E-state index contributed by atoms with van der Waals surface area (Å²) in [4.78, 5) is 8.25. The molecule has 0 amide bonds. The first kappa shape index (κ1) is 8.99. The molecular weight excluding hydrogens is 176 g/mol. The lowest BCUT2D eigenvalue weighted by atomic mass is 10.3. The first-order valence-corrected chi connectivity index (χ1v) is 4.88. The number of nitrogen functional groups attached to an aromatic ring is 1. The summed E-state index contributed by atoms with van der Waals surface area (Å²) in [5.41, 5.74) is 7.60. The van der Waals surface area contributed by atoms with Gasteiger partial charge in [-0.3, -0.25) is 0 Å². The van der Waals surface area contributed by atoms with E-state index in [9.17, 15) is 0 Å². The molecule has 14 heavy (non-hydrogen) atoms. The van der Waals surface area contributed by atoms with Crippen LogP contribution in [0.4, 0.5) is 5.82 Å². The number of fused-ring (bicyclic) bond motifs is 1. The molecule has 0 atom stereocenters. The van der Waals surface area contributed by atoms with Gasteiger partial charge in [0.15, 0.2) is 5.82 Å². The van der Waals surface area contributed by atoms with Crippen molar-refractivity contribution in [2.45, 2.75) is 26.3 Å². The van der Waals surface area contributed by atoms with Crippen molar-refractivity contribution in [3.63, 3.8) is 0 Å². The number of aryl methyl sites for hydroxylation is 1. The summed E-state index contributed by atoms with van der Waals surface area (Å²) in [6, 6.07) is 1.95. The summed E-state index contributed by atoms with van der Waals surface area (Å²) in [5.74, 6) is 0.512. The van der Waals surface area contributed by atoms with Gasteiger partial charge >= 0.3 is 0 Å². The molecule has 2 heterocycles. The molecule has 4 nitrogen and oxygen atoms in total. The van der Waals surface area contributed by atoms with Crippen LogP contribution in [0.1, 0.15) is 19.8 Å². The maximum absolute atomic E-state index is 5.71. The van der Waals surface area contributed by atoms with E-state index in [4.69, 9.17) is 5.73 Å². The van der Waals surface area contributed by atoms with Crippen LogP contribution >= 0.6 is 0 Å². The molecule has 2 N–H and O–H groups in total. The van der Waals surface area contributed by atoms with Crippen LogP contribution in [0.5, 0.6) is 0 Å². The first-order valence-electron chi connectivity index (χ1n) is 4.88. The van der Waals surface area contributed by atoms with Crippen molar-refractivity contribution in [1.29, 1.82) is 0 Å². The second-order valence-corrected chi connectivity index (χ2v) is 3.36. The zero-order valence-electron chi connectivity index (χ0n) is 8.27. The monoisotopic (exact) mass is 190 g/mol. The molecule has 2 aromatic rings. The van der Waals surface area contributed by atoms with Gasteiger partial charge in [-0.05, 0) is 12.5 Å². The summed E-state index contributed by atoms with van der Waals surface area (Å²) in [6.07, 6.45) is 5.90. The van der Waals surface area contributed by atoms with Gasteiger partial charge in [-0.2, -0.15) is 0 Å². The number of unbranched alkanes of at least 4 members (excludes halogenated alkanes) is 1. The molecule has 0 saturated carbocycles. The molecule has 0 aliphatic carbocycles. The van der Waals surface area contributed by atoms with Crippen LogP contribution in [0.3, 0.4) is 0 Å². The summed E-state index contributed by atoms with van der Waals surface area (Å²) in [7, 11) is 0. The standard InChI is InChI=1S/C10H14N4/c1-2-3-6-14-7-13-9-8(14)4-5-12-10(9)11/h4-5,7H,2-3,6H2,1H3,(H2,11,12). The van der Waals surface area contributed by atoms with Crippen molar-refractivity contribution < 1.29 is 0 Å². The Labute approximate surface area is 82.8 Å². The lowest BCUT2D eigenvalue weighted by Gasteiger charge is -2.02. The van der Waals surface area contributed by atoms with E-state index in [1.165, 1.54) is 6.42 Å². The Morgan fingerprint density at radius 3 is 3.07 bits per heavy atom. The maximum atomic E-state index is 5.71. The lowest BCUT2D eigenvalue weighted by molar-refractivity contribution is 0.645. The molecule has 2 aromatic heterocycles. The van der Waals surface area contributed by atoms with E-state index in [1.54, 1.807) is 6.20 Å². The number of rotatable bonds is 3.